The van der Waals surface area contributed by atoms with Crippen LogP contribution in [0.25, 0.3) is 0 Å². The summed E-state index contributed by atoms with van der Waals surface area (Å²) >= 11 is 0. The largest absolute Gasteiger partial charge is 0.368 e. The SMILES string of the molecule is CC(C)c1ncnc(N2CCN(c3ccnc(F)c3)CC2)c1F. The zero-order valence-electron chi connectivity index (χ0n) is 13.2. The Hall–Kier alpha value is -2.31. The predicted molar refractivity (Wildman–Crippen MR) is 84.7 cm³/mol. The van der Waals surface area contributed by atoms with Gasteiger partial charge >= 0.3 is 0 Å². The van der Waals surface area contributed by atoms with E-state index in [0.717, 1.165) is 5.69 Å². The molecule has 0 unspecified atom stereocenters. The lowest BCUT2D eigenvalue weighted by molar-refractivity contribution is 0.555. The monoisotopic (exact) mass is 319 g/mol. The van der Waals surface area contributed by atoms with Gasteiger partial charge in [-0.15, -0.1) is 0 Å². The van der Waals surface area contributed by atoms with Gasteiger partial charge in [-0.05, 0) is 12.0 Å². The van der Waals surface area contributed by atoms with E-state index in [0.29, 0.717) is 37.7 Å². The summed E-state index contributed by atoms with van der Waals surface area (Å²) in [6.07, 6.45) is 2.87. The number of hydrogen-bond acceptors (Lipinski definition) is 5. The lowest BCUT2D eigenvalue weighted by atomic mass is 10.1. The fraction of sp³-hybridized carbons (Fsp3) is 0.438. The first-order valence-corrected chi connectivity index (χ1v) is 7.68. The second kappa shape index (κ2) is 6.44. The van der Waals surface area contributed by atoms with E-state index in [9.17, 15) is 8.78 Å². The number of hydrogen-bond donors (Lipinski definition) is 0. The van der Waals surface area contributed by atoms with Crippen molar-refractivity contribution in [2.75, 3.05) is 36.0 Å². The average molecular weight is 319 g/mol. The molecule has 7 heteroatoms. The van der Waals surface area contributed by atoms with Crippen molar-refractivity contribution in [3.63, 3.8) is 0 Å². The van der Waals surface area contributed by atoms with Gasteiger partial charge in [0.1, 0.15) is 6.33 Å². The maximum Gasteiger partial charge on any atom is 0.214 e. The molecule has 0 atom stereocenters. The van der Waals surface area contributed by atoms with Crippen LogP contribution in [0, 0.1) is 11.8 Å². The van der Waals surface area contributed by atoms with Crippen molar-refractivity contribution in [2.24, 2.45) is 0 Å². The lowest BCUT2D eigenvalue weighted by Crippen LogP contribution is -2.47. The first-order valence-electron chi connectivity index (χ1n) is 7.68. The molecule has 2 aromatic heterocycles. The highest BCUT2D eigenvalue weighted by Crippen LogP contribution is 2.25. The first kappa shape index (κ1) is 15.6. The van der Waals surface area contributed by atoms with Crippen LogP contribution in [0.5, 0.6) is 0 Å². The number of piperazine rings is 1. The Kier molecular flexibility index (Phi) is 4.36. The van der Waals surface area contributed by atoms with Gasteiger partial charge in [-0.25, -0.2) is 19.3 Å². The molecule has 0 spiro atoms. The molecule has 2 aromatic rings. The van der Waals surface area contributed by atoms with E-state index < -0.39 is 5.95 Å². The third-order valence-electron chi connectivity index (χ3n) is 4.00. The topological polar surface area (TPSA) is 45.2 Å². The van der Waals surface area contributed by atoms with Crippen LogP contribution in [-0.2, 0) is 0 Å². The number of rotatable bonds is 3. The molecule has 0 saturated carbocycles. The lowest BCUT2D eigenvalue weighted by Gasteiger charge is -2.36. The van der Waals surface area contributed by atoms with Crippen molar-refractivity contribution in [1.82, 2.24) is 15.0 Å². The van der Waals surface area contributed by atoms with Crippen molar-refractivity contribution in [2.45, 2.75) is 19.8 Å². The van der Waals surface area contributed by atoms with Crippen LogP contribution in [0.1, 0.15) is 25.5 Å². The van der Waals surface area contributed by atoms with E-state index in [1.54, 1.807) is 6.07 Å². The molecule has 5 nitrogen and oxygen atoms in total. The third kappa shape index (κ3) is 3.23. The smallest absolute Gasteiger partial charge is 0.214 e. The van der Waals surface area contributed by atoms with E-state index in [4.69, 9.17) is 0 Å². The summed E-state index contributed by atoms with van der Waals surface area (Å²) in [4.78, 5) is 15.7. The first-order chi connectivity index (χ1) is 11.1. The minimum Gasteiger partial charge on any atom is -0.368 e. The molecular weight excluding hydrogens is 300 g/mol. The molecule has 1 fully saturated rings. The Bertz CT molecular complexity index is 684. The molecule has 0 amide bonds. The molecule has 23 heavy (non-hydrogen) atoms. The summed E-state index contributed by atoms with van der Waals surface area (Å²) in [6, 6.07) is 3.19. The summed E-state index contributed by atoms with van der Waals surface area (Å²) in [5.41, 5.74) is 1.23. The number of nitrogens with zero attached hydrogens (tertiary/aromatic N) is 5. The van der Waals surface area contributed by atoms with Crippen molar-refractivity contribution in [1.29, 1.82) is 0 Å². The molecular formula is C16H19F2N5. The fourth-order valence-corrected chi connectivity index (χ4v) is 2.76. The summed E-state index contributed by atoms with van der Waals surface area (Å²) < 4.78 is 27.8. The Balaban J connectivity index is 1.73. The van der Waals surface area contributed by atoms with Crippen molar-refractivity contribution >= 4 is 11.5 Å². The van der Waals surface area contributed by atoms with E-state index in [2.05, 4.69) is 19.9 Å². The standard InChI is InChI=1S/C16H19F2N5/c1-11(2)15-14(18)16(21-10-20-15)23-7-5-22(6-8-23)12-3-4-19-13(17)9-12/h3-4,9-11H,5-8H2,1-2H3. The number of anilines is 2. The Morgan fingerprint density at radius 1 is 1.00 bits per heavy atom. The molecule has 1 aliphatic rings. The molecule has 3 heterocycles. The highest BCUT2D eigenvalue weighted by Gasteiger charge is 2.23. The normalized spacial score (nSPS) is 15.3. The third-order valence-corrected chi connectivity index (χ3v) is 4.00. The molecule has 0 aromatic carbocycles. The summed E-state index contributed by atoms with van der Waals surface area (Å²) in [5, 5.41) is 0. The maximum absolute atomic E-state index is 14.5. The van der Waals surface area contributed by atoms with Crippen LogP contribution in [0.15, 0.2) is 24.7 Å². The number of pyridine rings is 1. The van der Waals surface area contributed by atoms with Crippen LogP contribution in [0.3, 0.4) is 0 Å². The van der Waals surface area contributed by atoms with E-state index in [-0.39, 0.29) is 11.7 Å². The second-order valence-corrected chi connectivity index (χ2v) is 5.86. The van der Waals surface area contributed by atoms with Crippen LogP contribution < -0.4 is 9.80 Å². The second-order valence-electron chi connectivity index (χ2n) is 5.86. The molecule has 0 aliphatic carbocycles. The molecule has 0 radical (unpaired) electrons. The Labute approximate surface area is 134 Å². The highest BCUT2D eigenvalue weighted by atomic mass is 19.1. The van der Waals surface area contributed by atoms with Crippen molar-refractivity contribution in [3.8, 4) is 0 Å². The zero-order chi connectivity index (χ0) is 16.4. The summed E-state index contributed by atoms with van der Waals surface area (Å²) in [6.45, 7) is 6.40. The summed E-state index contributed by atoms with van der Waals surface area (Å²) in [5.74, 6) is -0.471. The molecule has 3 rings (SSSR count). The van der Waals surface area contributed by atoms with Crippen LogP contribution in [-0.4, -0.2) is 41.1 Å². The van der Waals surface area contributed by atoms with Gasteiger partial charge in [0.25, 0.3) is 0 Å². The molecule has 1 saturated heterocycles. The number of aromatic nitrogens is 3. The maximum atomic E-state index is 14.5. The minimum atomic E-state index is -0.492. The van der Waals surface area contributed by atoms with Gasteiger partial charge in [0, 0.05) is 44.1 Å². The molecule has 1 aliphatic heterocycles. The minimum absolute atomic E-state index is 0.0119. The van der Waals surface area contributed by atoms with Gasteiger partial charge in [-0.1, -0.05) is 13.8 Å². The highest BCUT2D eigenvalue weighted by molar-refractivity contribution is 5.49. The van der Waals surface area contributed by atoms with Crippen molar-refractivity contribution in [3.05, 3.63) is 42.1 Å². The zero-order valence-corrected chi connectivity index (χ0v) is 13.2. The Morgan fingerprint density at radius 2 is 1.70 bits per heavy atom. The average Bonchev–Trinajstić information content (AvgIpc) is 2.55. The molecule has 122 valence electrons. The van der Waals surface area contributed by atoms with Gasteiger partial charge in [-0.2, -0.15) is 4.39 Å². The van der Waals surface area contributed by atoms with Gasteiger partial charge in [-0.3, -0.25) is 0 Å². The summed E-state index contributed by atoms with van der Waals surface area (Å²) in [7, 11) is 0. The van der Waals surface area contributed by atoms with Gasteiger partial charge in [0.15, 0.2) is 11.6 Å². The Morgan fingerprint density at radius 3 is 2.35 bits per heavy atom. The van der Waals surface area contributed by atoms with Gasteiger partial charge in [0.2, 0.25) is 5.95 Å². The van der Waals surface area contributed by atoms with Gasteiger partial charge < -0.3 is 9.80 Å². The number of halogens is 2. The van der Waals surface area contributed by atoms with Crippen LogP contribution >= 0.6 is 0 Å². The molecule has 0 N–H and O–H groups in total. The van der Waals surface area contributed by atoms with Crippen LogP contribution in [0.2, 0.25) is 0 Å². The van der Waals surface area contributed by atoms with E-state index in [1.807, 2.05) is 18.7 Å². The van der Waals surface area contributed by atoms with Gasteiger partial charge in [0.05, 0.1) is 5.69 Å². The predicted octanol–water partition coefficient (Wildman–Crippen LogP) is 2.60. The molecule has 0 bridgehead atoms. The quantitative estimate of drug-likeness (QED) is 0.814. The van der Waals surface area contributed by atoms with E-state index >= 15 is 0 Å². The van der Waals surface area contributed by atoms with E-state index in [1.165, 1.54) is 18.6 Å². The van der Waals surface area contributed by atoms with Crippen LogP contribution in [0.4, 0.5) is 20.3 Å². The van der Waals surface area contributed by atoms with Crippen molar-refractivity contribution < 1.29 is 8.78 Å². The fourth-order valence-electron chi connectivity index (χ4n) is 2.76.